The maximum Gasteiger partial charge on any atom is 0.270 e. The van der Waals surface area contributed by atoms with E-state index < -0.39 is 11.8 Å². The van der Waals surface area contributed by atoms with E-state index in [0.29, 0.717) is 40.1 Å². The van der Waals surface area contributed by atoms with Gasteiger partial charge in [0, 0.05) is 5.02 Å². The fraction of sp³-hybridized carbons (Fsp3) is 0.115. The molecule has 3 aromatic rings. The summed E-state index contributed by atoms with van der Waals surface area (Å²) in [5.41, 5.74) is 1.98. The van der Waals surface area contributed by atoms with Crippen molar-refractivity contribution in [3.05, 3.63) is 88.5 Å². The maximum atomic E-state index is 13.2. The van der Waals surface area contributed by atoms with E-state index in [1.807, 2.05) is 12.1 Å². The lowest BCUT2D eigenvalue weighted by molar-refractivity contribution is -0.122. The molecule has 3 aromatic carbocycles. The molecule has 9 heteroatoms. The molecule has 1 aliphatic heterocycles. The number of hydrogen-bond acceptors (Lipinski definition) is 6. The van der Waals surface area contributed by atoms with Crippen molar-refractivity contribution in [1.82, 2.24) is 5.32 Å². The van der Waals surface area contributed by atoms with Crippen molar-refractivity contribution >= 4 is 52.5 Å². The second-order valence-corrected chi connectivity index (χ2v) is 8.30. The summed E-state index contributed by atoms with van der Waals surface area (Å²) in [6, 6.07) is 19.3. The number of hydrogen-bond donors (Lipinski definition) is 1. The number of nitrogens with one attached hydrogen (secondary N) is 1. The maximum absolute atomic E-state index is 13.2. The fourth-order valence-electron chi connectivity index (χ4n) is 3.42. The van der Waals surface area contributed by atoms with Crippen LogP contribution in [0.4, 0.5) is 5.69 Å². The van der Waals surface area contributed by atoms with Crippen LogP contribution in [0.15, 0.2) is 72.3 Å². The minimum absolute atomic E-state index is 0.00541. The Balaban J connectivity index is 1.57. The van der Waals surface area contributed by atoms with E-state index in [9.17, 15) is 9.59 Å². The van der Waals surface area contributed by atoms with Crippen LogP contribution in [0.5, 0.6) is 17.2 Å². The van der Waals surface area contributed by atoms with Crippen LogP contribution in [0.25, 0.3) is 6.08 Å². The van der Waals surface area contributed by atoms with E-state index in [0.717, 1.165) is 5.56 Å². The van der Waals surface area contributed by atoms with Crippen LogP contribution in [0.2, 0.25) is 5.02 Å². The summed E-state index contributed by atoms with van der Waals surface area (Å²) in [7, 11) is 3.07. The van der Waals surface area contributed by atoms with E-state index in [1.165, 1.54) is 18.1 Å². The van der Waals surface area contributed by atoms with Crippen LogP contribution in [0, 0.1) is 0 Å². The normalized spacial score (nSPS) is 14.7. The molecule has 35 heavy (non-hydrogen) atoms. The summed E-state index contributed by atoms with van der Waals surface area (Å²) in [5.74, 6) is 0.497. The van der Waals surface area contributed by atoms with Gasteiger partial charge < -0.3 is 14.2 Å². The number of methoxy groups -OCH3 is 2. The molecule has 1 fully saturated rings. The van der Waals surface area contributed by atoms with Gasteiger partial charge in [-0.1, -0.05) is 29.8 Å². The molecule has 0 spiro atoms. The molecule has 0 bridgehead atoms. The average molecular weight is 509 g/mol. The number of anilines is 1. The van der Waals surface area contributed by atoms with Crippen LogP contribution in [0.1, 0.15) is 11.1 Å². The Morgan fingerprint density at radius 2 is 1.66 bits per heavy atom. The van der Waals surface area contributed by atoms with Crippen LogP contribution in [0.3, 0.4) is 0 Å². The van der Waals surface area contributed by atoms with Crippen LogP contribution >= 0.6 is 23.8 Å². The first-order valence-electron chi connectivity index (χ1n) is 10.5. The molecule has 1 heterocycles. The summed E-state index contributed by atoms with van der Waals surface area (Å²) in [4.78, 5) is 27.1. The Labute approximate surface area is 212 Å². The van der Waals surface area contributed by atoms with Crippen molar-refractivity contribution in [2.45, 2.75) is 6.61 Å². The number of carbonyl (C=O) groups is 2. The lowest BCUT2D eigenvalue weighted by atomic mass is 10.1. The molecule has 0 aromatic heterocycles. The second kappa shape index (κ2) is 10.6. The number of nitrogens with zero attached hydrogens (tertiary/aromatic N) is 1. The predicted molar refractivity (Wildman–Crippen MR) is 138 cm³/mol. The zero-order chi connectivity index (χ0) is 24.9. The molecule has 178 valence electrons. The van der Waals surface area contributed by atoms with Gasteiger partial charge in [0.15, 0.2) is 16.6 Å². The predicted octanol–water partition coefficient (Wildman–Crippen LogP) is 4.77. The van der Waals surface area contributed by atoms with Gasteiger partial charge in [-0.05, 0) is 78.0 Å². The number of amides is 2. The minimum atomic E-state index is -0.577. The highest BCUT2D eigenvalue weighted by Gasteiger charge is 2.34. The molecule has 1 N–H and O–H groups in total. The van der Waals surface area contributed by atoms with Crippen molar-refractivity contribution in [3.63, 3.8) is 0 Å². The zero-order valence-electron chi connectivity index (χ0n) is 18.9. The van der Waals surface area contributed by atoms with Gasteiger partial charge in [-0.2, -0.15) is 0 Å². The van der Waals surface area contributed by atoms with Crippen molar-refractivity contribution in [1.29, 1.82) is 0 Å². The molecule has 0 atom stereocenters. The molecule has 2 amide bonds. The van der Waals surface area contributed by atoms with E-state index in [4.69, 9.17) is 38.0 Å². The second-order valence-electron chi connectivity index (χ2n) is 7.48. The van der Waals surface area contributed by atoms with Gasteiger partial charge in [-0.15, -0.1) is 0 Å². The van der Waals surface area contributed by atoms with Crippen molar-refractivity contribution in [2.75, 3.05) is 19.1 Å². The summed E-state index contributed by atoms with van der Waals surface area (Å²) < 4.78 is 16.5. The lowest BCUT2D eigenvalue weighted by Crippen LogP contribution is -2.54. The van der Waals surface area contributed by atoms with E-state index in [2.05, 4.69) is 5.32 Å². The zero-order valence-corrected chi connectivity index (χ0v) is 20.5. The Morgan fingerprint density at radius 1 is 0.943 bits per heavy atom. The molecular weight excluding hydrogens is 488 g/mol. The average Bonchev–Trinajstić information content (AvgIpc) is 2.86. The third kappa shape index (κ3) is 5.45. The van der Waals surface area contributed by atoms with Crippen molar-refractivity contribution < 1.29 is 23.8 Å². The van der Waals surface area contributed by atoms with Gasteiger partial charge in [0.2, 0.25) is 0 Å². The van der Waals surface area contributed by atoms with Gasteiger partial charge in [-0.25, -0.2) is 0 Å². The van der Waals surface area contributed by atoms with Crippen LogP contribution in [-0.2, 0) is 16.2 Å². The Hall–Kier alpha value is -3.88. The van der Waals surface area contributed by atoms with Crippen molar-refractivity contribution in [2.24, 2.45) is 0 Å². The van der Waals surface area contributed by atoms with Crippen LogP contribution in [-0.4, -0.2) is 31.1 Å². The molecule has 4 rings (SSSR count). The molecule has 7 nitrogen and oxygen atoms in total. The smallest absolute Gasteiger partial charge is 0.270 e. The number of carbonyl (C=O) groups excluding carboxylic acids is 2. The standard InChI is InChI=1S/C26H21ClN2O5S/c1-32-20-10-8-19(9-11-20)29-25(31)21(24(30)28-26(29)35)13-17-5-12-22(23(14-17)33-2)34-15-16-3-6-18(27)7-4-16/h3-14H,15H2,1-2H3,(H,28,30,35)/b21-13+. The first kappa shape index (κ1) is 24.3. The highest BCUT2D eigenvalue weighted by molar-refractivity contribution is 7.80. The Bertz CT molecular complexity index is 1310. The third-order valence-electron chi connectivity index (χ3n) is 5.24. The highest BCUT2D eigenvalue weighted by atomic mass is 35.5. The summed E-state index contributed by atoms with van der Waals surface area (Å²) >= 11 is 11.2. The fourth-order valence-corrected chi connectivity index (χ4v) is 3.83. The minimum Gasteiger partial charge on any atom is -0.497 e. The summed E-state index contributed by atoms with van der Waals surface area (Å²) in [6.45, 7) is 0.323. The largest absolute Gasteiger partial charge is 0.497 e. The number of ether oxygens (including phenoxy) is 3. The number of thiocarbonyl (C=S) groups is 1. The molecule has 1 saturated heterocycles. The monoisotopic (exact) mass is 508 g/mol. The lowest BCUT2D eigenvalue weighted by Gasteiger charge is -2.29. The molecule has 0 saturated carbocycles. The van der Waals surface area contributed by atoms with Crippen LogP contribution < -0.4 is 24.4 Å². The van der Waals surface area contributed by atoms with Gasteiger partial charge in [-0.3, -0.25) is 19.8 Å². The molecule has 1 aliphatic rings. The summed E-state index contributed by atoms with van der Waals surface area (Å²) in [5, 5.41) is 3.23. The molecule has 0 radical (unpaired) electrons. The van der Waals surface area contributed by atoms with E-state index >= 15 is 0 Å². The first-order chi connectivity index (χ1) is 16.9. The number of halogens is 1. The van der Waals surface area contributed by atoms with Gasteiger partial charge in [0.05, 0.1) is 19.9 Å². The topological polar surface area (TPSA) is 77.1 Å². The van der Waals surface area contributed by atoms with Gasteiger partial charge in [0.25, 0.3) is 11.8 Å². The van der Waals surface area contributed by atoms with Crippen molar-refractivity contribution in [3.8, 4) is 17.2 Å². The number of rotatable bonds is 7. The first-order valence-corrected chi connectivity index (χ1v) is 11.3. The molecule has 0 aliphatic carbocycles. The third-order valence-corrected chi connectivity index (χ3v) is 5.78. The Kier molecular flexibility index (Phi) is 7.33. The van der Waals surface area contributed by atoms with E-state index in [1.54, 1.807) is 61.7 Å². The molecular formula is C26H21ClN2O5S. The number of benzene rings is 3. The van der Waals surface area contributed by atoms with Gasteiger partial charge >= 0.3 is 0 Å². The summed E-state index contributed by atoms with van der Waals surface area (Å²) in [6.07, 6.45) is 1.49. The highest BCUT2D eigenvalue weighted by Crippen LogP contribution is 2.31. The molecule has 0 unspecified atom stereocenters. The quantitative estimate of drug-likeness (QED) is 0.281. The SMILES string of the molecule is COc1ccc(N2C(=O)/C(=C/c3ccc(OCc4ccc(Cl)cc4)c(OC)c3)C(=O)NC2=S)cc1. The Morgan fingerprint density at radius 3 is 2.31 bits per heavy atom. The van der Waals surface area contributed by atoms with Gasteiger partial charge in [0.1, 0.15) is 17.9 Å². The van der Waals surface area contributed by atoms with E-state index in [-0.39, 0.29) is 10.7 Å².